The fourth-order valence-electron chi connectivity index (χ4n) is 3.14. The van der Waals surface area contributed by atoms with Gasteiger partial charge in [-0.05, 0) is 31.7 Å². The van der Waals surface area contributed by atoms with Gasteiger partial charge in [-0.3, -0.25) is 9.59 Å². The van der Waals surface area contributed by atoms with Crippen molar-refractivity contribution >= 4 is 28.6 Å². The monoisotopic (exact) mass is 405 g/mol. The van der Waals surface area contributed by atoms with Crippen LogP contribution in [-0.2, 0) is 12.8 Å². The Balaban J connectivity index is 1.36. The molecule has 0 fully saturated rings. The van der Waals surface area contributed by atoms with Crippen molar-refractivity contribution in [2.75, 3.05) is 12.3 Å². The molecule has 0 aliphatic heterocycles. The van der Waals surface area contributed by atoms with Crippen LogP contribution in [0.25, 0.3) is 10.9 Å². The number of nitrogens with zero attached hydrogens (tertiary/aromatic N) is 2. The summed E-state index contributed by atoms with van der Waals surface area (Å²) in [5.74, 6) is -1.69. The summed E-state index contributed by atoms with van der Waals surface area (Å²) in [6, 6.07) is 1.72. The number of aromatic amines is 2. The number of rotatable bonds is 5. The van der Waals surface area contributed by atoms with E-state index in [1.165, 1.54) is 11.8 Å². The van der Waals surface area contributed by atoms with Gasteiger partial charge < -0.3 is 15.3 Å². The molecular formula is C18H17F2N5O2S. The first-order chi connectivity index (χ1) is 13.5. The van der Waals surface area contributed by atoms with E-state index in [0.29, 0.717) is 18.1 Å². The number of carbonyl (C=O) groups excluding carboxylic acids is 1. The molecule has 4 rings (SSSR count). The summed E-state index contributed by atoms with van der Waals surface area (Å²) in [6.07, 6.45) is 3.99. The number of thioether (sulfide) groups is 1. The molecule has 2 aromatic heterocycles. The number of aromatic nitrogens is 4. The molecule has 1 aromatic carbocycles. The topological polar surface area (TPSA) is 104 Å². The van der Waals surface area contributed by atoms with Crippen molar-refractivity contribution in [2.24, 2.45) is 0 Å². The Hall–Kier alpha value is -2.75. The van der Waals surface area contributed by atoms with E-state index in [-0.39, 0.29) is 22.0 Å². The number of imidazole rings is 1. The van der Waals surface area contributed by atoms with E-state index in [1.54, 1.807) is 0 Å². The molecule has 0 spiro atoms. The van der Waals surface area contributed by atoms with E-state index in [9.17, 15) is 18.4 Å². The number of hydrogen-bond donors (Lipinski definition) is 3. The minimum Gasteiger partial charge on any atom is -0.349 e. The highest BCUT2D eigenvalue weighted by molar-refractivity contribution is 7.99. The first kappa shape index (κ1) is 18.6. The largest absolute Gasteiger partial charge is 0.349 e. The van der Waals surface area contributed by atoms with Crippen LogP contribution in [-0.4, -0.2) is 38.1 Å². The molecule has 0 atom stereocenters. The Kier molecular flexibility index (Phi) is 5.12. The molecule has 146 valence electrons. The lowest BCUT2D eigenvalue weighted by Crippen LogP contribution is -2.27. The Morgan fingerprint density at radius 1 is 1.14 bits per heavy atom. The number of hydrogen-bond acceptors (Lipinski definition) is 5. The first-order valence-corrected chi connectivity index (χ1v) is 9.87. The van der Waals surface area contributed by atoms with Crippen molar-refractivity contribution in [1.82, 2.24) is 25.3 Å². The smallest absolute Gasteiger partial charge is 0.287 e. The summed E-state index contributed by atoms with van der Waals surface area (Å²) in [6.45, 7) is 0.328. The fourth-order valence-corrected chi connectivity index (χ4v) is 3.86. The third kappa shape index (κ3) is 3.77. The van der Waals surface area contributed by atoms with Crippen molar-refractivity contribution in [3.05, 3.63) is 51.3 Å². The third-order valence-electron chi connectivity index (χ3n) is 4.52. The zero-order chi connectivity index (χ0) is 19.7. The van der Waals surface area contributed by atoms with Crippen molar-refractivity contribution in [3.8, 4) is 0 Å². The number of carbonyl (C=O) groups is 1. The predicted molar refractivity (Wildman–Crippen MR) is 101 cm³/mol. The van der Waals surface area contributed by atoms with Crippen LogP contribution in [0.1, 0.15) is 34.8 Å². The normalized spacial score (nSPS) is 13.5. The number of fused-ring (bicyclic) bond motifs is 2. The van der Waals surface area contributed by atoms with E-state index < -0.39 is 17.2 Å². The molecule has 1 aliphatic rings. The molecule has 28 heavy (non-hydrogen) atoms. The van der Waals surface area contributed by atoms with Crippen molar-refractivity contribution in [1.29, 1.82) is 0 Å². The second-order valence-corrected chi connectivity index (χ2v) is 7.56. The molecule has 1 aliphatic carbocycles. The summed E-state index contributed by atoms with van der Waals surface area (Å²) < 4.78 is 26.6. The Labute approximate surface area is 162 Å². The molecule has 3 aromatic rings. The van der Waals surface area contributed by atoms with Crippen molar-refractivity contribution in [2.45, 2.75) is 30.8 Å². The van der Waals surface area contributed by atoms with Gasteiger partial charge in [-0.1, -0.05) is 11.8 Å². The van der Waals surface area contributed by atoms with Crippen molar-refractivity contribution in [3.63, 3.8) is 0 Å². The molecule has 0 unspecified atom stereocenters. The van der Waals surface area contributed by atoms with Gasteiger partial charge in [-0.25, -0.2) is 18.7 Å². The molecule has 10 heteroatoms. The zero-order valence-corrected chi connectivity index (χ0v) is 15.6. The summed E-state index contributed by atoms with van der Waals surface area (Å²) in [4.78, 5) is 38.3. The lowest BCUT2D eigenvalue weighted by molar-refractivity contribution is 0.0946. The lowest BCUT2D eigenvalue weighted by Gasteiger charge is -2.07. The van der Waals surface area contributed by atoms with Gasteiger partial charge in [0.05, 0.1) is 16.6 Å². The van der Waals surface area contributed by atoms with Gasteiger partial charge in [0.25, 0.3) is 11.5 Å². The number of amides is 1. The summed E-state index contributed by atoms with van der Waals surface area (Å²) >= 11 is 1.20. The fraction of sp³-hybridized carbons (Fsp3) is 0.333. The quantitative estimate of drug-likeness (QED) is 0.343. The summed E-state index contributed by atoms with van der Waals surface area (Å²) in [7, 11) is 0. The van der Waals surface area contributed by atoms with E-state index in [4.69, 9.17) is 0 Å². The molecular weight excluding hydrogens is 388 g/mol. The molecule has 0 bridgehead atoms. The number of benzene rings is 1. The second-order valence-electron chi connectivity index (χ2n) is 6.48. The summed E-state index contributed by atoms with van der Waals surface area (Å²) in [5, 5.41) is 3.02. The predicted octanol–water partition coefficient (Wildman–Crippen LogP) is 2.33. The molecule has 0 saturated carbocycles. The number of H-pyrrole nitrogens is 2. The van der Waals surface area contributed by atoms with Crippen LogP contribution in [0.2, 0.25) is 0 Å². The van der Waals surface area contributed by atoms with Crippen LogP contribution < -0.4 is 10.9 Å². The summed E-state index contributed by atoms with van der Waals surface area (Å²) in [5.41, 5.74) is 1.53. The van der Waals surface area contributed by atoms with E-state index in [0.717, 1.165) is 49.2 Å². The maximum absolute atomic E-state index is 13.4. The number of aryl methyl sites for hydroxylation is 2. The first-order valence-electron chi connectivity index (χ1n) is 8.89. The number of halogens is 2. The van der Waals surface area contributed by atoms with Gasteiger partial charge >= 0.3 is 0 Å². The maximum Gasteiger partial charge on any atom is 0.287 e. The molecule has 0 saturated heterocycles. The lowest BCUT2D eigenvalue weighted by atomic mass is 10.0. The van der Waals surface area contributed by atoms with Crippen LogP contribution in [0.3, 0.4) is 0 Å². The molecule has 1 amide bonds. The SMILES string of the molecule is O=C(NCCSc1nc2cc(F)c(F)cc2c(=O)[nH]1)c1nc2c([nH]1)CCCC2. The Morgan fingerprint density at radius 3 is 2.75 bits per heavy atom. The average Bonchev–Trinajstić information content (AvgIpc) is 3.11. The van der Waals surface area contributed by atoms with Gasteiger partial charge in [-0.15, -0.1) is 0 Å². The van der Waals surface area contributed by atoms with E-state index >= 15 is 0 Å². The maximum atomic E-state index is 13.4. The number of nitrogens with one attached hydrogen (secondary N) is 3. The highest BCUT2D eigenvalue weighted by Gasteiger charge is 2.18. The van der Waals surface area contributed by atoms with Gasteiger partial charge in [0.2, 0.25) is 0 Å². The van der Waals surface area contributed by atoms with Gasteiger partial charge in [0.1, 0.15) is 0 Å². The highest BCUT2D eigenvalue weighted by Crippen LogP contribution is 2.19. The van der Waals surface area contributed by atoms with Gasteiger partial charge in [0, 0.05) is 24.1 Å². The average molecular weight is 405 g/mol. The van der Waals surface area contributed by atoms with Crippen LogP contribution in [0.4, 0.5) is 8.78 Å². The zero-order valence-electron chi connectivity index (χ0n) is 14.8. The van der Waals surface area contributed by atoms with E-state index in [2.05, 4.69) is 25.3 Å². The molecule has 0 radical (unpaired) electrons. The minimum absolute atomic E-state index is 0.0154. The Morgan fingerprint density at radius 2 is 1.93 bits per heavy atom. The van der Waals surface area contributed by atoms with Crippen molar-refractivity contribution < 1.29 is 13.6 Å². The van der Waals surface area contributed by atoms with Crippen LogP contribution >= 0.6 is 11.8 Å². The third-order valence-corrected chi connectivity index (χ3v) is 5.40. The standard InChI is InChI=1S/C18H17F2N5O2S/c19-10-7-9-14(8-11(10)20)24-18(25-16(9)26)28-6-5-21-17(27)15-22-12-3-1-2-4-13(12)23-15/h7-8H,1-6H2,(H,21,27)(H,22,23)(H,24,25,26). The highest BCUT2D eigenvalue weighted by atomic mass is 32.2. The molecule has 3 N–H and O–H groups in total. The Bertz CT molecular complexity index is 1090. The molecule has 7 nitrogen and oxygen atoms in total. The van der Waals surface area contributed by atoms with E-state index in [1.807, 2.05) is 0 Å². The van der Waals surface area contributed by atoms with Crippen LogP contribution in [0.15, 0.2) is 22.1 Å². The van der Waals surface area contributed by atoms with Crippen LogP contribution in [0, 0.1) is 11.6 Å². The minimum atomic E-state index is -1.09. The second kappa shape index (κ2) is 7.70. The van der Waals surface area contributed by atoms with Gasteiger partial charge in [-0.2, -0.15) is 0 Å². The molecule has 2 heterocycles. The van der Waals surface area contributed by atoms with Gasteiger partial charge in [0.15, 0.2) is 22.6 Å². The van der Waals surface area contributed by atoms with Crippen LogP contribution in [0.5, 0.6) is 0 Å².